The number of thiazole rings is 1. The van der Waals surface area contributed by atoms with E-state index in [2.05, 4.69) is 14.9 Å². The van der Waals surface area contributed by atoms with Crippen LogP contribution >= 0.6 is 11.3 Å². The zero-order chi connectivity index (χ0) is 20.1. The number of halogens is 1. The number of pyridine rings is 1. The summed E-state index contributed by atoms with van der Waals surface area (Å²) >= 11 is 1.38. The van der Waals surface area contributed by atoms with Crippen molar-refractivity contribution in [3.8, 4) is 10.6 Å². The Morgan fingerprint density at radius 3 is 2.59 bits per heavy atom. The van der Waals surface area contributed by atoms with Gasteiger partial charge in [-0.1, -0.05) is 12.1 Å². The summed E-state index contributed by atoms with van der Waals surface area (Å²) < 4.78 is 13.9. The quantitative estimate of drug-likeness (QED) is 0.626. The first kappa shape index (κ1) is 19.7. The van der Waals surface area contributed by atoms with E-state index in [9.17, 15) is 9.18 Å². The summed E-state index contributed by atoms with van der Waals surface area (Å²) in [4.78, 5) is 26.2. The monoisotopic (exact) mass is 410 g/mol. The highest BCUT2D eigenvalue weighted by atomic mass is 32.1. The second-order valence-electron chi connectivity index (χ2n) is 7.12. The fraction of sp³-hybridized carbons (Fsp3) is 0.318. The van der Waals surface area contributed by atoms with Crippen molar-refractivity contribution in [2.45, 2.75) is 12.8 Å². The number of hydrogen-bond donors (Lipinski definition) is 0. The van der Waals surface area contributed by atoms with Crippen molar-refractivity contribution in [3.05, 3.63) is 71.2 Å². The molecule has 7 heteroatoms. The Kier molecular flexibility index (Phi) is 6.27. The molecule has 4 rings (SSSR count). The summed E-state index contributed by atoms with van der Waals surface area (Å²) in [7, 11) is 0. The number of rotatable bonds is 6. The maximum atomic E-state index is 13.9. The third kappa shape index (κ3) is 5.05. The van der Waals surface area contributed by atoms with Crippen molar-refractivity contribution in [2.24, 2.45) is 0 Å². The minimum Gasteiger partial charge on any atom is -0.340 e. The normalized spacial score (nSPS) is 14.9. The van der Waals surface area contributed by atoms with Gasteiger partial charge in [-0.3, -0.25) is 14.7 Å². The maximum Gasteiger partial charge on any atom is 0.227 e. The number of benzene rings is 1. The summed E-state index contributed by atoms with van der Waals surface area (Å²) in [6, 6.07) is 10.7. The zero-order valence-corrected chi connectivity index (χ0v) is 16.9. The van der Waals surface area contributed by atoms with E-state index in [4.69, 9.17) is 0 Å². The lowest BCUT2D eigenvalue weighted by Gasteiger charge is -2.34. The molecule has 1 saturated heterocycles. The molecule has 3 aromatic rings. The maximum absolute atomic E-state index is 13.9. The topological polar surface area (TPSA) is 49.3 Å². The van der Waals surface area contributed by atoms with E-state index >= 15 is 0 Å². The Labute approximate surface area is 173 Å². The summed E-state index contributed by atoms with van der Waals surface area (Å²) in [5.74, 6) is -0.176. The van der Waals surface area contributed by atoms with Gasteiger partial charge in [-0.2, -0.15) is 0 Å². The number of carbonyl (C=O) groups excluding carboxylic acids is 1. The molecular formula is C22H23FN4OS. The van der Waals surface area contributed by atoms with Crippen LogP contribution < -0.4 is 0 Å². The molecule has 1 fully saturated rings. The molecule has 0 aliphatic carbocycles. The van der Waals surface area contributed by atoms with Gasteiger partial charge in [-0.05, 0) is 36.2 Å². The molecule has 5 nitrogen and oxygen atoms in total. The van der Waals surface area contributed by atoms with Gasteiger partial charge < -0.3 is 4.90 Å². The Hall–Kier alpha value is -2.64. The lowest BCUT2D eigenvalue weighted by Crippen LogP contribution is -2.49. The lowest BCUT2D eigenvalue weighted by atomic mass is 10.2. The van der Waals surface area contributed by atoms with Gasteiger partial charge in [0.05, 0.1) is 6.42 Å². The first-order chi connectivity index (χ1) is 14.2. The number of amides is 1. The van der Waals surface area contributed by atoms with Crippen LogP contribution in [-0.4, -0.2) is 58.4 Å². The van der Waals surface area contributed by atoms with Gasteiger partial charge in [-0.25, -0.2) is 9.37 Å². The molecule has 3 heterocycles. The van der Waals surface area contributed by atoms with Crippen LogP contribution in [0, 0.1) is 5.82 Å². The molecule has 0 atom stereocenters. The largest absolute Gasteiger partial charge is 0.340 e. The second-order valence-corrected chi connectivity index (χ2v) is 8.23. The van der Waals surface area contributed by atoms with E-state index in [1.807, 2.05) is 29.4 Å². The number of nitrogens with zero attached hydrogens (tertiary/aromatic N) is 4. The fourth-order valence-corrected chi connectivity index (χ4v) is 4.40. The van der Waals surface area contributed by atoms with Gasteiger partial charge in [0.25, 0.3) is 0 Å². The predicted octanol–water partition coefficient (Wildman–Crippen LogP) is 3.27. The standard InChI is InChI=1S/C22H23FN4OS/c23-20-4-2-1-3-19(20)22-25-16-18(29-22)15-21(28)27-13-11-26(12-14-27)10-7-17-5-8-24-9-6-17/h1-6,8-9,16H,7,10-15H2. The van der Waals surface area contributed by atoms with Crippen LogP contribution in [0.3, 0.4) is 0 Å². The van der Waals surface area contributed by atoms with E-state index in [1.165, 1.54) is 23.0 Å². The molecule has 150 valence electrons. The number of aromatic nitrogens is 2. The molecule has 1 aliphatic rings. The van der Waals surface area contributed by atoms with Crippen molar-refractivity contribution in [1.29, 1.82) is 0 Å². The van der Waals surface area contributed by atoms with Crippen LogP contribution in [0.2, 0.25) is 0 Å². The molecule has 1 amide bonds. The Morgan fingerprint density at radius 2 is 1.83 bits per heavy atom. The molecular weight excluding hydrogens is 387 g/mol. The predicted molar refractivity (Wildman–Crippen MR) is 112 cm³/mol. The van der Waals surface area contributed by atoms with Gasteiger partial charge in [0.1, 0.15) is 10.8 Å². The minimum atomic E-state index is -0.289. The van der Waals surface area contributed by atoms with E-state index in [1.54, 1.807) is 24.4 Å². The Morgan fingerprint density at radius 1 is 1.07 bits per heavy atom. The molecule has 1 aromatic carbocycles. The van der Waals surface area contributed by atoms with Crippen molar-refractivity contribution < 1.29 is 9.18 Å². The highest BCUT2D eigenvalue weighted by Gasteiger charge is 2.22. The second kappa shape index (κ2) is 9.24. The van der Waals surface area contributed by atoms with Gasteiger partial charge in [-0.15, -0.1) is 11.3 Å². The van der Waals surface area contributed by atoms with Gasteiger partial charge in [0.15, 0.2) is 0 Å². The lowest BCUT2D eigenvalue weighted by molar-refractivity contribution is -0.132. The van der Waals surface area contributed by atoms with Crippen LogP contribution in [0.5, 0.6) is 0 Å². The minimum absolute atomic E-state index is 0.113. The summed E-state index contributed by atoms with van der Waals surface area (Å²) in [5.41, 5.74) is 1.77. The van der Waals surface area contributed by atoms with Crippen molar-refractivity contribution in [1.82, 2.24) is 19.8 Å². The molecule has 1 aliphatic heterocycles. The fourth-order valence-electron chi connectivity index (χ4n) is 3.47. The molecule has 0 saturated carbocycles. The highest BCUT2D eigenvalue weighted by molar-refractivity contribution is 7.15. The summed E-state index contributed by atoms with van der Waals surface area (Å²) in [6.45, 7) is 4.26. The van der Waals surface area contributed by atoms with Crippen LogP contribution in [0.15, 0.2) is 55.0 Å². The van der Waals surface area contributed by atoms with Gasteiger partial charge >= 0.3 is 0 Å². The van der Waals surface area contributed by atoms with E-state index in [0.717, 1.165) is 44.0 Å². The van der Waals surface area contributed by atoms with Crippen LogP contribution in [0.25, 0.3) is 10.6 Å². The summed E-state index contributed by atoms with van der Waals surface area (Å²) in [6.07, 6.45) is 6.65. The third-order valence-corrected chi connectivity index (χ3v) is 6.20. The van der Waals surface area contributed by atoms with Crippen LogP contribution in [0.1, 0.15) is 10.4 Å². The van der Waals surface area contributed by atoms with E-state index in [-0.39, 0.29) is 11.7 Å². The summed E-state index contributed by atoms with van der Waals surface area (Å²) in [5, 5.41) is 0.617. The molecule has 0 N–H and O–H groups in total. The van der Waals surface area contributed by atoms with Crippen molar-refractivity contribution in [3.63, 3.8) is 0 Å². The smallest absolute Gasteiger partial charge is 0.227 e. The molecule has 0 spiro atoms. The average Bonchev–Trinajstić information content (AvgIpc) is 3.22. The van der Waals surface area contributed by atoms with E-state index in [0.29, 0.717) is 17.0 Å². The third-order valence-electron chi connectivity index (χ3n) is 5.17. The molecule has 2 aromatic heterocycles. The molecule has 0 bridgehead atoms. The molecule has 0 radical (unpaired) electrons. The first-order valence-corrected chi connectivity index (χ1v) is 10.6. The number of carbonyl (C=O) groups is 1. The Bertz CT molecular complexity index is 954. The Balaban J connectivity index is 1.27. The van der Waals surface area contributed by atoms with Crippen LogP contribution in [-0.2, 0) is 17.6 Å². The van der Waals surface area contributed by atoms with E-state index < -0.39 is 0 Å². The van der Waals surface area contributed by atoms with Gasteiger partial charge in [0.2, 0.25) is 5.91 Å². The highest BCUT2D eigenvalue weighted by Crippen LogP contribution is 2.27. The molecule has 29 heavy (non-hydrogen) atoms. The van der Waals surface area contributed by atoms with Gasteiger partial charge in [0, 0.05) is 61.8 Å². The average molecular weight is 411 g/mol. The van der Waals surface area contributed by atoms with Crippen LogP contribution in [0.4, 0.5) is 4.39 Å². The van der Waals surface area contributed by atoms with Crippen molar-refractivity contribution >= 4 is 17.2 Å². The molecule has 0 unspecified atom stereocenters. The number of piperazine rings is 1. The zero-order valence-electron chi connectivity index (χ0n) is 16.1. The first-order valence-electron chi connectivity index (χ1n) is 9.78. The SMILES string of the molecule is O=C(Cc1cnc(-c2ccccc2F)s1)N1CCN(CCc2ccncc2)CC1. The number of hydrogen-bond acceptors (Lipinski definition) is 5. The van der Waals surface area contributed by atoms with Crippen molar-refractivity contribution in [2.75, 3.05) is 32.7 Å².